The summed E-state index contributed by atoms with van der Waals surface area (Å²) in [5, 5.41) is 3.61. The van der Waals surface area contributed by atoms with Gasteiger partial charge in [0.2, 0.25) is 10.0 Å². The Hall–Kier alpha value is -0.330. The largest absolute Gasteiger partial charge is 0.314 e. The fourth-order valence-corrected chi connectivity index (χ4v) is 3.48. The minimum atomic E-state index is -3.39. The monoisotopic (exact) mass is 310 g/mol. The van der Waals surface area contributed by atoms with E-state index in [4.69, 9.17) is 11.6 Å². The number of hydrogen-bond donors (Lipinski definition) is 1. The van der Waals surface area contributed by atoms with Crippen LogP contribution in [0.1, 0.15) is 5.56 Å². The molecule has 1 aliphatic rings. The van der Waals surface area contributed by atoms with E-state index in [9.17, 15) is 8.42 Å². The van der Waals surface area contributed by atoms with Gasteiger partial charge in [0.1, 0.15) is 0 Å². The minimum Gasteiger partial charge on any atom is -0.314 e. The Kier molecular flexibility index (Phi) is 5.43. The zero-order valence-corrected chi connectivity index (χ0v) is 12.4. The van der Waals surface area contributed by atoms with Crippen molar-refractivity contribution in [3.8, 4) is 0 Å². The van der Waals surface area contributed by atoms with Gasteiger partial charge in [-0.15, -0.1) is 12.4 Å². The lowest BCUT2D eigenvalue weighted by Gasteiger charge is -2.26. The Morgan fingerprint density at radius 2 is 1.89 bits per heavy atom. The molecule has 0 saturated carbocycles. The van der Waals surface area contributed by atoms with Crippen molar-refractivity contribution < 1.29 is 8.42 Å². The zero-order valence-electron chi connectivity index (χ0n) is 10.0. The Labute approximate surface area is 119 Å². The van der Waals surface area contributed by atoms with E-state index in [1.54, 1.807) is 12.1 Å². The van der Waals surface area contributed by atoms with Gasteiger partial charge in [0.15, 0.2) is 0 Å². The zero-order chi connectivity index (χ0) is 12.5. The molecule has 0 amide bonds. The second-order valence-corrected chi connectivity index (χ2v) is 6.41. The third kappa shape index (κ3) is 3.16. The summed E-state index contributed by atoms with van der Waals surface area (Å²) in [5.74, 6) is 0. The molecule has 4 nitrogen and oxygen atoms in total. The average molecular weight is 311 g/mol. The minimum absolute atomic E-state index is 0. The topological polar surface area (TPSA) is 49.4 Å². The summed E-state index contributed by atoms with van der Waals surface area (Å²) in [6.07, 6.45) is 0. The van der Waals surface area contributed by atoms with Crippen molar-refractivity contribution in [1.82, 2.24) is 9.62 Å². The average Bonchev–Trinajstić information content (AvgIpc) is 2.33. The Morgan fingerprint density at radius 3 is 2.44 bits per heavy atom. The van der Waals surface area contributed by atoms with Crippen LogP contribution in [0.2, 0.25) is 5.02 Å². The maximum Gasteiger partial charge on any atom is 0.243 e. The molecule has 2 rings (SSSR count). The van der Waals surface area contributed by atoms with Crippen LogP contribution in [0.15, 0.2) is 23.1 Å². The molecule has 0 radical (unpaired) electrons. The summed E-state index contributed by atoms with van der Waals surface area (Å²) in [6, 6.07) is 4.87. The quantitative estimate of drug-likeness (QED) is 0.904. The highest BCUT2D eigenvalue weighted by Crippen LogP contribution is 2.22. The van der Waals surface area contributed by atoms with Crippen molar-refractivity contribution in [3.63, 3.8) is 0 Å². The second-order valence-electron chi connectivity index (χ2n) is 4.07. The van der Waals surface area contributed by atoms with Crippen molar-refractivity contribution in [1.29, 1.82) is 0 Å². The molecule has 1 aliphatic heterocycles. The summed E-state index contributed by atoms with van der Waals surface area (Å²) in [5.41, 5.74) is 0.880. The summed E-state index contributed by atoms with van der Waals surface area (Å²) < 4.78 is 26.1. The van der Waals surface area contributed by atoms with Crippen LogP contribution >= 0.6 is 24.0 Å². The Bertz CT molecular complexity index is 514. The van der Waals surface area contributed by atoms with E-state index in [0.717, 1.165) is 5.56 Å². The van der Waals surface area contributed by atoms with E-state index >= 15 is 0 Å². The van der Waals surface area contributed by atoms with E-state index in [2.05, 4.69) is 5.32 Å². The number of rotatable bonds is 2. The molecular weight excluding hydrogens is 295 g/mol. The molecule has 1 heterocycles. The van der Waals surface area contributed by atoms with Gasteiger partial charge < -0.3 is 5.32 Å². The fraction of sp³-hybridized carbons (Fsp3) is 0.455. The van der Waals surface area contributed by atoms with Crippen LogP contribution in [0, 0.1) is 6.92 Å². The summed E-state index contributed by atoms with van der Waals surface area (Å²) in [6.45, 7) is 4.25. The number of sulfonamides is 1. The SMILES string of the molecule is Cc1ccc(S(=O)(=O)N2CCNCC2)cc1Cl.Cl. The van der Waals surface area contributed by atoms with Crippen molar-refractivity contribution >= 4 is 34.0 Å². The summed E-state index contributed by atoms with van der Waals surface area (Å²) in [7, 11) is -3.39. The smallest absolute Gasteiger partial charge is 0.243 e. The van der Waals surface area contributed by atoms with E-state index < -0.39 is 10.0 Å². The standard InChI is InChI=1S/C11H15ClN2O2S.ClH/c1-9-2-3-10(8-11(9)12)17(15,16)14-6-4-13-5-7-14;/h2-3,8,13H,4-7H2,1H3;1H. The molecular formula is C11H16Cl2N2O2S. The second kappa shape index (κ2) is 6.21. The van der Waals surface area contributed by atoms with Crippen LogP contribution in [0.4, 0.5) is 0 Å². The van der Waals surface area contributed by atoms with Crippen LogP contribution in [0.25, 0.3) is 0 Å². The molecule has 1 aromatic carbocycles. The van der Waals surface area contributed by atoms with Crippen molar-refractivity contribution in [2.45, 2.75) is 11.8 Å². The van der Waals surface area contributed by atoms with Crippen molar-refractivity contribution in [3.05, 3.63) is 28.8 Å². The highest BCUT2D eigenvalue weighted by molar-refractivity contribution is 7.89. The van der Waals surface area contributed by atoms with E-state index in [1.165, 1.54) is 10.4 Å². The molecule has 0 atom stereocenters. The molecule has 0 aromatic heterocycles. The normalized spacial score (nSPS) is 17.2. The van der Waals surface area contributed by atoms with Gasteiger partial charge >= 0.3 is 0 Å². The van der Waals surface area contributed by atoms with E-state index in [1.807, 2.05) is 6.92 Å². The van der Waals surface area contributed by atoms with E-state index in [-0.39, 0.29) is 17.3 Å². The number of halogens is 2. The number of aryl methyl sites for hydroxylation is 1. The lowest BCUT2D eigenvalue weighted by molar-refractivity contribution is 0.360. The first-order valence-electron chi connectivity index (χ1n) is 5.49. The van der Waals surface area contributed by atoms with Gasteiger partial charge in [0.25, 0.3) is 0 Å². The van der Waals surface area contributed by atoms with Gasteiger partial charge in [-0.1, -0.05) is 17.7 Å². The first-order valence-corrected chi connectivity index (χ1v) is 7.30. The lowest BCUT2D eigenvalue weighted by atomic mass is 10.2. The van der Waals surface area contributed by atoms with Gasteiger partial charge in [0, 0.05) is 31.2 Å². The van der Waals surface area contributed by atoms with Gasteiger partial charge in [-0.3, -0.25) is 0 Å². The molecule has 102 valence electrons. The van der Waals surface area contributed by atoms with Gasteiger partial charge in [-0.05, 0) is 24.6 Å². The van der Waals surface area contributed by atoms with E-state index in [0.29, 0.717) is 31.2 Å². The molecule has 0 bridgehead atoms. The van der Waals surface area contributed by atoms with Crippen molar-refractivity contribution in [2.24, 2.45) is 0 Å². The number of nitrogens with one attached hydrogen (secondary N) is 1. The third-order valence-corrected chi connectivity index (χ3v) is 5.16. The van der Waals surface area contributed by atoms with Crippen molar-refractivity contribution in [2.75, 3.05) is 26.2 Å². The number of benzene rings is 1. The predicted molar refractivity (Wildman–Crippen MR) is 75.1 cm³/mol. The summed E-state index contributed by atoms with van der Waals surface area (Å²) in [4.78, 5) is 0.273. The molecule has 1 fully saturated rings. The molecule has 0 spiro atoms. The van der Waals surface area contributed by atoms with Crippen LogP contribution in [0.3, 0.4) is 0 Å². The fourth-order valence-electron chi connectivity index (χ4n) is 1.77. The highest BCUT2D eigenvalue weighted by atomic mass is 35.5. The summed E-state index contributed by atoms with van der Waals surface area (Å²) >= 11 is 5.96. The van der Waals surface area contributed by atoms with Gasteiger partial charge in [0.05, 0.1) is 4.90 Å². The first-order chi connectivity index (χ1) is 8.01. The number of hydrogen-bond acceptors (Lipinski definition) is 3. The predicted octanol–water partition coefficient (Wildman–Crippen LogP) is 1.66. The molecule has 1 N–H and O–H groups in total. The maximum absolute atomic E-state index is 12.3. The molecule has 7 heteroatoms. The maximum atomic E-state index is 12.3. The lowest BCUT2D eigenvalue weighted by Crippen LogP contribution is -2.46. The van der Waals surface area contributed by atoms with Crippen LogP contribution in [-0.4, -0.2) is 38.9 Å². The van der Waals surface area contributed by atoms with Crippen LogP contribution in [-0.2, 0) is 10.0 Å². The van der Waals surface area contributed by atoms with Gasteiger partial charge in [-0.25, -0.2) is 8.42 Å². The molecule has 1 aromatic rings. The first kappa shape index (κ1) is 15.7. The number of piperazine rings is 1. The third-order valence-electron chi connectivity index (χ3n) is 2.86. The van der Waals surface area contributed by atoms with Gasteiger partial charge in [-0.2, -0.15) is 4.31 Å². The van der Waals surface area contributed by atoms with Crippen LogP contribution in [0.5, 0.6) is 0 Å². The van der Waals surface area contributed by atoms with Crippen LogP contribution < -0.4 is 5.32 Å². The molecule has 1 saturated heterocycles. The number of nitrogens with zero attached hydrogens (tertiary/aromatic N) is 1. The molecule has 0 unspecified atom stereocenters. The Balaban J connectivity index is 0.00000162. The Morgan fingerprint density at radius 1 is 1.28 bits per heavy atom. The molecule has 18 heavy (non-hydrogen) atoms. The molecule has 0 aliphatic carbocycles. The highest BCUT2D eigenvalue weighted by Gasteiger charge is 2.25.